The second kappa shape index (κ2) is 51.0. The molecule has 6 heteroatoms. The van der Waals surface area contributed by atoms with Crippen molar-refractivity contribution >= 4 is 11.9 Å². The first-order valence-corrected chi connectivity index (χ1v) is 26.8. The Morgan fingerprint density at radius 1 is 0.500 bits per heavy atom. The summed E-state index contributed by atoms with van der Waals surface area (Å²) in [5, 5.41) is 23.8. The van der Waals surface area contributed by atoms with Gasteiger partial charge in [0.15, 0.2) is 0 Å². The SMILES string of the molecule is CC/C=C/C/C=C/C/C=C/C/C=C/C/C=C/C(CC(=O)NC(CO)C(O)CCCCCCCCCCCCCCCCCC)OC(=O)CCCCCCCC/C=C/C=C/CCCCC. The number of hydrogen-bond donors (Lipinski definition) is 3. The molecule has 0 aromatic heterocycles. The van der Waals surface area contributed by atoms with E-state index in [1.165, 1.54) is 122 Å². The molecule has 1 amide bonds. The zero-order chi connectivity index (χ0) is 46.7. The number of rotatable bonds is 47. The van der Waals surface area contributed by atoms with Crippen LogP contribution in [0.3, 0.4) is 0 Å². The Hall–Kier alpha value is -2.96. The van der Waals surface area contributed by atoms with E-state index < -0.39 is 18.2 Å². The fourth-order valence-electron chi connectivity index (χ4n) is 7.68. The predicted octanol–water partition coefficient (Wildman–Crippen LogP) is 16.3. The Morgan fingerprint density at radius 2 is 0.906 bits per heavy atom. The van der Waals surface area contributed by atoms with Gasteiger partial charge in [-0.15, -0.1) is 0 Å². The van der Waals surface area contributed by atoms with Gasteiger partial charge in [0, 0.05) is 6.42 Å². The zero-order valence-corrected chi connectivity index (χ0v) is 41.9. The highest BCUT2D eigenvalue weighted by atomic mass is 16.5. The lowest BCUT2D eigenvalue weighted by Gasteiger charge is -2.23. The van der Waals surface area contributed by atoms with Crippen molar-refractivity contribution in [3.8, 4) is 0 Å². The minimum atomic E-state index is -0.825. The lowest BCUT2D eigenvalue weighted by molar-refractivity contribution is -0.148. The quantitative estimate of drug-likeness (QED) is 0.0245. The van der Waals surface area contributed by atoms with Crippen LogP contribution < -0.4 is 5.32 Å². The first-order valence-electron chi connectivity index (χ1n) is 26.8. The lowest BCUT2D eigenvalue weighted by Crippen LogP contribution is -2.46. The van der Waals surface area contributed by atoms with Crippen LogP contribution in [0.15, 0.2) is 85.1 Å². The van der Waals surface area contributed by atoms with Crippen molar-refractivity contribution in [1.29, 1.82) is 0 Å². The van der Waals surface area contributed by atoms with Gasteiger partial charge in [-0.1, -0.05) is 241 Å². The van der Waals surface area contributed by atoms with Gasteiger partial charge in [0.2, 0.25) is 5.91 Å². The van der Waals surface area contributed by atoms with Gasteiger partial charge in [-0.25, -0.2) is 0 Å². The molecule has 0 aromatic carbocycles. The van der Waals surface area contributed by atoms with Crippen molar-refractivity contribution < 1.29 is 24.5 Å². The van der Waals surface area contributed by atoms with Crippen molar-refractivity contribution in [2.45, 2.75) is 264 Å². The molecule has 0 aromatic rings. The van der Waals surface area contributed by atoms with E-state index in [4.69, 9.17) is 4.74 Å². The number of nitrogens with one attached hydrogen (secondary N) is 1. The molecule has 3 unspecified atom stereocenters. The van der Waals surface area contributed by atoms with Crippen molar-refractivity contribution in [2.75, 3.05) is 6.61 Å². The number of hydrogen-bond acceptors (Lipinski definition) is 5. The Balaban J connectivity index is 4.70. The molecule has 0 heterocycles. The predicted molar refractivity (Wildman–Crippen MR) is 278 cm³/mol. The molecule has 0 aliphatic heterocycles. The van der Waals surface area contributed by atoms with Gasteiger partial charge in [-0.2, -0.15) is 0 Å². The molecular weight excluding hydrogens is 791 g/mol. The van der Waals surface area contributed by atoms with Gasteiger partial charge in [0.05, 0.1) is 25.2 Å². The monoisotopic (exact) mass is 892 g/mol. The van der Waals surface area contributed by atoms with Crippen LogP contribution >= 0.6 is 0 Å². The summed E-state index contributed by atoms with van der Waals surface area (Å²) in [7, 11) is 0. The molecule has 368 valence electrons. The van der Waals surface area contributed by atoms with E-state index in [1.54, 1.807) is 6.08 Å². The average molecular weight is 892 g/mol. The highest BCUT2D eigenvalue weighted by Crippen LogP contribution is 2.16. The molecule has 0 aliphatic carbocycles. The van der Waals surface area contributed by atoms with Crippen LogP contribution in [-0.2, 0) is 14.3 Å². The number of allylic oxidation sites excluding steroid dienone is 13. The summed E-state index contributed by atoms with van der Waals surface area (Å²) >= 11 is 0. The van der Waals surface area contributed by atoms with E-state index in [-0.39, 0.29) is 24.9 Å². The molecule has 0 bridgehead atoms. The molecule has 3 N–H and O–H groups in total. The number of ether oxygens (including phenoxy) is 1. The van der Waals surface area contributed by atoms with E-state index in [9.17, 15) is 19.8 Å². The minimum absolute atomic E-state index is 0.0538. The average Bonchev–Trinajstić information content (AvgIpc) is 3.29. The van der Waals surface area contributed by atoms with Crippen molar-refractivity contribution in [3.63, 3.8) is 0 Å². The van der Waals surface area contributed by atoms with E-state index >= 15 is 0 Å². The van der Waals surface area contributed by atoms with E-state index in [0.717, 1.165) is 77.0 Å². The maximum Gasteiger partial charge on any atom is 0.306 e. The van der Waals surface area contributed by atoms with Crippen molar-refractivity contribution in [3.05, 3.63) is 85.1 Å². The van der Waals surface area contributed by atoms with Crippen LogP contribution in [0.25, 0.3) is 0 Å². The third-order valence-electron chi connectivity index (χ3n) is 11.7. The maximum atomic E-state index is 13.2. The molecule has 0 rings (SSSR count). The highest BCUT2D eigenvalue weighted by Gasteiger charge is 2.23. The molecule has 0 saturated heterocycles. The summed E-state index contributed by atoms with van der Waals surface area (Å²) in [4.78, 5) is 26.1. The molecule has 0 saturated carbocycles. The van der Waals surface area contributed by atoms with Crippen LogP contribution in [0.2, 0.25) is 0 Å². The molecule has 0 fully saturated rings. The van der Waals surface area contributed by atoms with E-state index in [0.29, 0.717) is 19.3 Å². The van der Waals surface area contributed by atoms with E-state index in [1.807, 2.05) is 6.08 Å². The van der Waals surface area contributed by atoms with Gasteiger partial charge in [-0.05, 0) is 76.7 Å². The first kappa shape index (κ1) is 61.0. The summed E-state index contributed by atoms with van der Waals surface area (Å²) < 4.78 is 5.82. The fourth-order valence-corrected chi connectivity index (χ4v) is 7.68. The summed E-state index contributed by atoms with van der Waals surface area (Å²) in [6.45, 7) is 6.31. The van der Waals surface area contributed by atoms with Crippen LogP contribution in [0.4, 0.5) is 0 Å². The number of aliphatic hydroxyl groups is 2. The van der Waals surface area contributed by atoms with E-state index in [2.05, 4.69) is 99.0 Å². The Morgan fingerprint density at radius 3 is 1.39 bits per heavy atom. The van der Waals surface area contributed by atoms with Gasteiger partial charge < -0.3 is 20.3 Å². The van der Waals surface area contributed by atoms with Crippen molar-refractivity contribution in [1.82, 2.24) is 5.32 Å². The molecule has 3 atom stereocenters. The number of carbonyl (C=O) groups is 2. The zero-order valence-electron chi connectivity index (χ0n) is 41.9. The molecular formula is C58H101NO5. The molecule has 6 nitrogen and oxygen atoms in total. The van der Waals surface area contributed by atoms with Gasteiger partial charge in [-0.3, -0.25) is 9.59 Å². The number of unbranched alkanes of at least 4 members (excludes halogenated alkanes) is 24. The Labute approximate surface area is 395 Å². The summed E-state index contributed by atoms with van der Waals surface area (Å²) in [6, 6.07) is -0.748. The fraction of sp³-hybridized carbons (Fsp3) is 0.724. The number of aliphatic hydroxyl groups excluding tert-OH is 2. The second-order valence-corrected chi connectivity index (χ2v) is 17.9. The largest absolute Gasteiger partial charge is 0.458 e. The number of esters is 1. The second-order valence-electron chi connectivity index (χ2n) is 17.9. The van der Waals surface area contributed by atoms with Gasteiger partial charge >= 0.3 is 5.97 Å². The van der Waals surface area contributed by atoms with Gasteiger partial charge in [0.25, 0.3) is 0 Å². The third kappa shape index (κ3) is 45.6. The number of carbonyl (C=O) groups excluding carboxylic acids is 2. The molecule has 0 radical (unpaired) electrons. The standard InChI is InChI=1S/C58H101NO5/c1-4-7-10-13-16-19-22-25-28-30-32-35-38-41-44-47-50-56(61)55(53-60)59-57(62)52-54(49-46-43-40-37-34-31-27-24-21-18-15-12-9-6-3)64-58(63)51-48-45-42-39-36-33-29-26-23-20-17-14-11-8-5-2/h9,12,17-18,20-21,23,26-27,31,37,40,46,49,54-56,60-61H,4-8,10-11,13-16,19,22,24-25,28-30,32-36,38-39,41-45,47-48,50-53H2,1-3H3,(H,59,62)/b12-9+,20-17+,21-18+,26-23+,31-27+,40-37+,49-46+. The number of amides is 1. The highest BCUT2D eigenvalue weighted by molar-refractivity contribution is 5.78. The van der Waals surface area contributed by atoms with Crippen LogP contribution in [0, 0.1) is 0 Å². The van der Waals surface area contributed by atoms with Crippen molar-refractivity contribution in [2.24, 2.45) is 0 Å². The van der Waals surface area contributed by atoms with Crippen LogP contribution in [-0.4, -0.2) is 46.9 Å². The Bertz CT molecular complexity index is 1230. The topological polar surface area (TPSA) is 95.9 Å². The lowest BCUT2D eigenvalue weighted by atomic mass is 10.0. The van der Waals surface area contributed by atoms with Crippen LogP contribution in [0.1, 0.15) is 245 Å². The Kier molecular flexibility index (Phi) is 48.7. The van der Waals surface area contributed by atoms with Gasteiger partial charge in [0.1, 0.15) is 6.10 Å². The normalized spacial score (nSPS) is 13.9. The molecule has 0 spiro atoms. The molecule has 64 heavy (non-hydrogen) atoms. The minimum Gasteiger partial charge on any atom is -0.458 e. The first-order chi connectivity index (χ1) is 31.5. The molecule has 0 aliphatic rings. The summed E-state index contributed by atoms with van der Waals surface area (Å²) in [5.74, 6) is -0.643. The maximum absolute atomic E-state index is 13.2. The third-order valence-corrected chi connectivity index (χ3v) is 11.7. The smallest absolute Gasteiger partial charge is 0.306 e. The summed E-state index contributed by atoms with van der Waals surface area (Å²) in [6.07, 6.45) is 66.7. The summed E-state index contributed by atoms with van der Waals surface area (Å²) in [5.41, 5.74) is 0. The van der Waals surface area contributed by atoms with Crippen LogP contribution in [0.5, 0.6) is 0 Å².